The summed E-state index contributed by atoms with van der Waals surface area (Å²) in [6.07, 6.45) is 6.05. The molecule has 1 rings (SSSR count). The van der Waals surface area contributed by atoms with Crippen LogP contribution in [-0.2, 0) is 0 Å². The summed E-state index contributed by atoms with van der Waals surface area (Å²) in [6.45, 7) is 8.74. The van der Waals surface area contributed by atoms with Crippen LogP contribution in [0, 0.1) is 5.92 Å². The van der Waals surface area contributed by atoms with Crippen LogP contribution in [0.3, 0.4) is 0 Å². The lowest BCUT2D eigenvalue weighted by Crippen LogP contribution is -2.45. The lowest BCUT2D eigenvalue weighted by molar-refractivity contribution is -0.00689. The van der Waals surface area contributed by atoms with E-state index in [1.807, 2.05) is 6.08 Å². The first-order valence-electron chi connectivity index (χ1n) is 5.64. The van der Waals surface area contributed by atoms with Crippen molar-refractivity contribution < 1.29 is 5.11 Å². The Bertz CT molecular complexity index is 183. The van der Waals surface area contributed by atoms with E-state index >= 15 is 0 Å². The summed E-state index contributed by atoms with van der Waals surface area (Å²) >= 11 is 0. The summed E-state index contributed by atoms with van der Waals surface area (Å²) in [5.74, 6) is 0.784. The minimum atomic E-state index is -0.468. The molecule has 2 heteroatoms. The van der Waals surface area contributed by atoms with E-state index in [1.54, 1.807) is 0 Å². The predicted octanol–water partition coefficient (Wildman–Crippen LogP) is 2.09. The monoisotopic (exact) mass is 197 g/mol. The van der Waals surface area contributed by atoms with Crippen molar-refractivity contribution in [3.63, 3.8) is 0 Å². The minimum Gasteiger partial charge on any atom is -0.389 e. The second kappa shape index (κ2) is 4.94. The van der Waals surface area contributed by atoms with Gasteiger partial charge in [0.2, 0.25) is 0 Å². The Morgan fingerprint density at radius 3 is 2.64 bits per heavy atom. The molecule has 0 aromatic heterocycles. The van der Waals surface area contributed by atoms with Gasteiger partial charge >= 0.3 is 0 Å². The molecule has 1 atom stereocenters. The Kier molecular flexibility index (Phi) is 4.14. The Morgan fingerprint density at radius 2 is 2.14 bits per heavy atom. The first kappa shape index (κ1) is 11.7. The van der Waals surface area contributed by atoms with Crippen molar-refractivity contribution in [2.45, 2.75) is 51.2 Å². The van der Waals surface area contributed by atoms with Crippen LogP contribution in [0.2, 0.25) is 0 Å². The summed E-state index contributed by atoms with van der Waals surface area (Å²) in [5, 5.41) is 13.5. The molecule has 0 aromatic rings. The molecule has 0 spiro atoms. The van der Waals surface area contributed by atoms with Gasteiger partial charge in [-0.15, -0.1) is 6.58 Å². The minimum absolute atomic E-state index is 0.290. The Morgan fingerprint density at radius 1 is 1.57 bits per heavy atom. The summed E-state index contributed by atoms with van der Waals surface area (Å²) in [4.78, 5) is 0. The molecule has 1 aliphatic rings. The molecular weight excluding hydrogens is 174 g/mol. The fourth-order valence-electron chi connectivity index (χ4n) is 1.91. The van der Waals surface area contributed by atoms with Gasteiger partial charge in [-0.2, -0.15) is 0 Å². The summed E-state index contributed by atoms with van der Waals surface area (Å²) in [5.41, 5.74) is -0.468. The number of hydrogen-bond donors (Lipinski definition) is 2. The van der Waals surface area contributed by atoms with Gasteiger partial charge in [-0.05, 0) is 38.5 Å². The van der Waals surface area contributed by atoms with Crippen LogP contribution in [0.1, 0.15) is 39.5 Å². The third-order valence-corrected chi connectivity index (χ3v) is 3.31. The van der Waals surface area contributed by atoms with Crippen LogP contribution < -0.4 is 5.32 Å². The Hall–Kier alpha value is -0.340. The molecule has 1 fully saturated rings. The first-order valence-corrected chi connectivity index (χ1v) is 5.64. The average Bonchev–Trinajstić information content (AvgIpc) is 2.20. The highest BCUT2D eigenvalue weighted by Gasteiger charge is 2.31. The molecule has 0 bridgehead atoms. The van der Waals surface area contributed by atoms with Crippen molar-refractivity contribution >= 4 is 0 Å². The van der Waals surface area contributed by atoms with Crippen molar-refractivity contribution in [3.8, 4) is 0 Å². The second-order valence-corrected chi connectivity index (χ2v) is 4.81. The van der Waals surface area contributed by atoms with Crippen molar-refractivity contribution in [1.29, 1.82) is 0 Å². The quantitative estimate of drug-likeness (QED) is 0.676. The first-order chi connectivity index (χ1) is 6.56. The van der Waals surface area contributed by atoms with Gasteiger partial charge < -0.3 is 10.4 Å². The van der Waals surface area contributed by atoms with E-state index in [-0.39, 0.29) is 0 Å². The van der Waals surface area contributed by atoms with Crippen molar-refractivity contribution in [2.24, 2.45) is 5.92 Å². The molecule has 0 saturated heterocycles. The second-order valence-electron chi connectivity index (χ2n) is 4.81. The van der Waals surface area contributed by atoms with E-state index in [0.29, 0.717) is 12.6 Å². The van der Waals surface area contributed by atoms with Crippen LogP contribution in [-0.4, -0.2) is 23.3 Å². The third kappa shape index (κ3) is 3.43. The SMILES string of the molecule is C=CC(C)NCC1(O)CCC(C)CC1. The Balaban J connectivity index is 2.31. The maximum absolute atomic E-state index is 10.2. The molecule has 1 saturated carbocycles. The van der Waals surface area contributed by atoms with Gasteiger partial charge in [0.1, 0.15) is 0 Å². The molecular formula is C12H23NO. The van der Waals surface area contributed by atoms with E-state index in [9.17, 15) is 5.11 Å². The molecule has 1 unspecified atom stereocenters. The van der Waals surface area contributed by atoms with Crippen molar-refractivity contribution in [1.82, 2.24) is 5.32 Å². The smallest absolute Gasteiger partial charge is 0.0772 e. The predicted molar refractivity (Wildman–Crippen MR) is 60.2 cm³/mol. The van der Waals surface area contributed by atoms with E-state index in [4.69, 9.17) is 0 Å². The molecule has 0 amide bonds. The fraction of sp³-hybridized carbons (Fsp3) is 0.833. The zero-order valence-corrected chi connectivity index (χ0v) is 9.42. The molecule has 82 valence electrons. The lowest BCUT2D eigenvalue weighted by Gasteiger charge is -2.35. The van der Waals surface area contributed by atoms with Crippen LogP contribution in [0.25, 0.3) is 0 Å². The summed E-state index contributed by atoms with van der Waals surface area (Å²) in [6, 6.07) is 0.290. The normalized spacial score (nSPS) is 35.2. The van der Waals surface area contributed by atoms with Gasteiger partial charge in [-0.3, -0.25) is 0 Å². The molecule has 0 aromatic carbocycles. The number of nitrogens with one attached hydrogen (secondary N) is 1. The van der Waals surface area contributed by atoms with Crippen LogP contribution in [0.15, 0.2) is 12.7 Å². The van der Waals surface area contributed by atoms with Gasteiger partial charge in [0, 0.05) is 12.6 Å². The number of hydrogen-bond acceptors (Lipinski definition) is 2. The standard InChI is InChI=1S/C12H23NO/c1-4-11(3)13-9-12(14)7-5-10(2)6-8-12/h4,10-11,13-14H,1,5-9H2,2-3H3. The highest BCUT2D eigenvalue weighted by Crippen LogP contribution is 2.31. The lowest BCUT2D eigenvalue weighted by atomic mass is 9.79. The number of aliphatic hydroxyl groups is 1. The van der Waals surface area contributed by atoms with Gasteiger partial charge in [-0.1, -0.05) is 13.0 Å². The number of rotatable bonds is 4. The zero-order valence-electron chi connectivity index (χ0n) is 9.42. The van der Waals surface area contributed by atoms with Gasteiger partial charge in [0.25, 0.3) is 0 Å². The third-order valence-electron chi connectivity index (χ3n) is 3.31. The topological polar surface area (TPSA) is 32.3 Å². The van der Waals surface area contributed by atoms with Crippen LogP contribution in [0.4, 0.5) is 0 Å². The summed E-state index contributed by atoms with van der Waals surface area (Å²) in [7, 11) is 0. The van der Waals surface area contributed by atoms with Gasteiger partial charge in [0.15, 0.2) is 0 Å². The molecule has 2 N–H and O–H groups in total. The molecule has 0 radical (unpaired) electrons. The average molecular weight is 197 g/mol. The highest BCUT2D eigenvalue weighted by molar-refractivity contribution is 4.90. The Labute approximate surface area is 87.4 Å². The molecule has 0 heterocycles. The van der Waals surface area contributed by atoms with E-state index in [0.717, 1.165) is 31.6 Å². The highest BCUT2D eigenvalue weighted by atomic mass is 16.3. The van der Waals surface area contributed by atoms with Crippen molar-refractivity contribution in [3.05, 3.63) is 12.7 Å². The summed E-state index contributed by atoms with van der Waals surface area (Å²) < 4.78 is 0. The van der Waals surface area contributed by atoms with E-state index in [2.05, 4.69) is 25.7 Å². The van der Waals surface area contributed by atoms with Crippen LogP contribution >= 0.6 is 0 Å². The maximum atomic E-state index is 10.2. The van der Waals surface area contributed by atoms with Gasteiger partial charge in [0.05, 0.1) is 5.60 Å². The fourth-order valence-corrected chi connectivity index (χ4v) is 1.91. The zero-order chi connectivity index (χ0) is 10.6. The molecule has 2 nitrogen and oxygen atoms in total. The molecule has 1 aliphatic carbocycles. The maximum Gasteiger partial charge on any atom is 0.0772 e. The molecule has 0 aliphatic heterocycles. The van der Waals surface area contributed by atoms with Crippen LogP contribution in [0.5, 0.6) is 0 Å². The molecule has 14 heavy (non-hydrogen) atoms. The van der Waals surface area contributed by atoms with Gasteiger partial charge in [-0.25, -0.2) is 0 Å². The largest absolute Gasteiger partial charge is 0.389 e. The van der Waals surface area contributed by atoms with E-state index < -0.39 is 5.60 Å². The van der Waals surface area contributed by atoms with E-state index in [1.165, 1.54) is 0 Å². The van der Waals surface area contributed by atoms with Crippen molar-refractivity contribution in [2.75, 3.05) is 6.54 Å².